The molecule has 0 aliphatic carbocycles. The summed E-state index contributed by atoms with van der Waals surface area (Å²) in [7, 11) is 3.55. The van der Waals surface area contributed by atoms with Gasteiger partial charge in [-0.1, -0.05) is 12.1 Å². The minimum absolute atomic E-state index is 0.189. The fraction of sp³-hybridized carbons (Fsp3) is 0.250. The number of benzene rings is 2. The highest BCUT2D eigenvalue weighted by molar-refractivity contribution is 6.04. The number of carbonyl (C=O) groups is 2. The molecule has 1 aliphatic heterocycles. The third-order valence-corrected chi connectivity index (χ3v) is 6.71. The average Bonchev–Trinajstić information content (AvgIpc) is 3.53. The summed E-state index contributed by atoms with van der Waals surface area (Å²) in [6.07, 6.45) is 3.93. The zero-order valence-electron chi connectivity index (χ0n) is 20.9. The molecule has 9 nitrogen and oxygen atoms in total. The van der Waals surface area contributed by atoms with Gasteiger partial charge in [0, 0.05) is 74.5 Å². The van der Waals surface area contributed by atoms with E-state index < -0.39 is 0 Å². The van der Waals surface area contributed by atoms with Gasteiger partial charge in [0.05, 0.1) is 11.6 Å². The molecule has 190 valence electrons. The Labute approximate surface area is 215 Å². The van der Waals surface area contributed by atoms with E-state index in [-0.39, 0.29) is 18.0 Å². The second kappa shape index (κ2) is 10.4. The minimum atomic E-state index is -0.270. The topological polar surface area (TPSA) is 103 Å². The number of nitrogens with one attached hydrogen (secondary N) is 2. The third-order valence-electron chi connectivity index (χ3n) is 6.71. The molecule has 0 saturated carbocycles. The van der Waals surface area contributed by atoms with Crippen molar-refractivity contribution in [3.05, 3.63) is 84.2 Å². The highest BCUT2D eigenvalue weighted by atomic mass is 16.3. The van der Waals surface area contributed by atoms with Gasteiger partial charge in [-0.25, -0.2) is 9.78 Å². The first kappa shape index (κ1) is 24.5. The number of hydrogen-bond donors (Lipinski definition) is 3. The van der Waals surface area contributed by atoms with Crippen molar-refractivity contribution in [1.29, 1.82) is 0 Å². The molecule has 0 bridgehead atoms. The molecule has 0 radical (unpaired) electrons. The Morgan fingerprint density at radius 1 is 1.11 bits per heavy atom. The Hall–Kier alpha value is -4.21. The molecule has 1 saturated heterocycles. The Morgan fingerprint density at radius 2 is 1.95 bits per heavy atom. The van der Waals surface area contributed by atoms with Gasteiger partial charge in [-0.2, -0.15) is 0 Å². The van der Waals surface area contributed by atoms with Crippen LogP contribution in [-0.4, -0.2) is 64.8 Å². The van der Waals surface area contributed by atoms with Gasteiger partial charge >= 0.3 is 6.03 Å². The molecule has 1 aliphatic rings. The summed E-state index contributed by atoms with van der Waals surface area (Å²) in [5, 5.41) is 16.3. The molecular weight excluding hydrogens is 468 g/mol. The van der Waals surface area contributed by atoms with Crippen LogP contribution in [0.4, 0.5) is 22.0 Å². The molecular formula is C28H30N6O3. The maximum Gasteiger partial charge on any atom is 0.325 e. The van der Waals surface area contributed by atoms with Gasteiger partial charge in [-0.05, 0) is 54.4 Å². The fourth-order valence-electron chi connectivity index (χ4n) is 4.69. The SMILES string of the molecule is CNC(=O)n1ccc2cc(N(C)c3ccnc(NC(=O)c4cccc(CN5CC[C@H](O)C5)c4)c3)ccc21. The first-order valence-electron chi connectivity index (χ1n) is 12.2. The number of fused-ring (bicyclic) bond motifs is 1. The number of pyridine rings is 1. The van der Waals surface area contributed by atoms with E-state index in [2.05, 4.69) is 20.5 Å². The van der Waals surface area contributed by atoms with Crippen LogP contribution in [0.15, 0.2) is 73.1 Å². The van der Waals surface area contributed by atoms with E-state index in [1.165, 1.54) is 0 Å². The van der Waals surface area contributed by atoms with Crippen LogP contribution in [0.25, 0.3) is 10.9 Å². The van der Waals surface area contributed by atoms with Gasteiger partial charge in [0.25, 0.3) is 5.91 Å². The van der Waals surface area contributed by atoms with Gasteiger partial charge in [-0.15, -0.1) is 0 Å². The Kier molecular flexibility index (Phi) is 6.89. The second-order valence-electron chi connectivity index (χ2n) is 9.27. The zero-order valence-corrected chi connectivity index (χ0v) is 20.9. The molecule has 9 heteroatoms. The van der Waals surface area contributed by atoms with E-state index in [1.807, 2.05) is 66.5 Å². The van der Waals surface area contributed by atoms with Gasteiger partial charge in [-0.3, -0.25) is 14.3 Å². The van der Waals surface area contributed by atoms with Crippen LogP contribution in [0, 0.1) is 0 Å². The molecule has 3 heterocycles. The summed E-state index contributed by atoms with van der Waals surface area (Å²) >= 11 is 0. The molecule has 0 unspecified atom stereocenters. The quantitative estimate of drug-likeness (QED) is 0.374. The standard InChI is InChI=1S/C28H30N6O3/c1-29-28(37)34-13-9-20-15-22(6-7-25(20)34)32(2)23-8-11-30-26(16-23)31-27(36)21-5-3-4-19(14-21)17-33-12-10-24(35)18-33/h3-9,11,13-16,24,35H,10,12,17-18H2,1-2H3,(H,29,37)(H,30,31,36)/t24-/m0/s1. The maximum atomic E-state index is 13.0. The molecule has 4 aromatic rings. The number of nitrogens with zero attached hydrogens (tertiary/aromatic N) is 4. The van der Waals surface area contributed by atoms with Crippen LogP contribution in [0.2, 0.25) is 0 Å². The van der Waals surface area contributed by atoms with Crippen molar-refractivity contribution in [3.63, 3.8) is 0 Å². The normalized spacial score (nSPS) is 15.6. The summed E-state index contributed by atoms with van der Waals surface area (Å²) in [5.74, 6) is 0.224. The number of anilines is 3. The fourth-order valence-corrected chi connectivity index (χ4v) is 4.69. The average molecular weight is 499 g/mol. The summed E-state index contributed by atoms with van der Waals surface area (Å²) in [4.78, 5) is 33.6. The molecule has 2 amide bonds. The van der Waals surface area contributed by atoms with E-state index >= 15 is 0 Å². The number of likely N-dealkylation sites (tertiary alicyclic amines) is 1. The second-order valence-corrected chi connectivity index (χ2v) is 9.27. The predicted octanol–water partition coefficient (Wildman–Crippen LogP) is 3.81. The number of hydrogen-bond acceptors (Lipinski definition) is 6. The minimum Gasteiger partial charge on any atom is -0.392 e. The van der Waals surface area contributed by atoms with Crippen LogP contribution in [0.3, 0.4) is 0 Å². The molecule has 1 atom stereocenters. The molecule has 2 aromatic carbocycles. The Morgan fingerprint density at radius 3 is 2.73 bits per heavy atom. The number of aliphatic hydroxyl groups is 1. The first-order chi connectivity index (χ1) is 17.9. The van der Waals surface area contributed by atoms with Crippen molar-refractivity contribution in [2.45, 2.75) is 19.1 Å². The molecule has 1 fully saturated rings. The van der Waals surface area contributed by atoms with Crippen LogP contribution in [0.1, 0.15) is 22.3 Å². The molecule has 5 rings (SSSR count). The van der Waals surface area contributed by atoms with E-state index in [9.17, 15) is 14.7 Å². The highest BCUT2D eigenvalue weighted by Gasteiger charge is 2.20. The lowest BCUT2D eigenvalue weighted by atomic mass is 10.1. The summed E-state index contributed by atoms with van der Waals surface area (Å²) in [5.41, 5.74) is 4.21. The van der Waals surface area contributed by atoms with Gasteiger partial charge in [0.1, 0.15) is 5.82 Å². The van der Waals surface area contributed by atoms with E-state index in [1.54, 1.807) is 30.1 Å². The van der Waals surface area contributed by atoms with Crippen LogP contribution in [0.5, 0.6) is 0 Å². The smallest absolute Gasteiger partial charge is 0.325 e. The van der Waals surface area contributed by atoms with E-state index in [0.29, 0.717) is 24.5 Å². The monoisotopic (exact) mass is 498 g/mol. The van der Waals surface area contributed by atoms with E-state index in [0.717, 1.165) is 40.8 Å². The largest absolute Gasteiger partial charge is 0.392 e. The van der Waals surface area contributed by atoms with Crippen molar-refractivity contribution in [2.24, 2.45) is 0 Å². The predicted molar refractivity (Wildman–Crippen MR) is 144 cm³/mol. The van der Waals surface area contributed by atoms with Gasteiger partial charge in [0.15, 0.2) is 0 Å². The molecule has 3 N–H and O–H groups in total. The number of β-amino-alcohol motifs (C(OH)–C–C–N with tert-alkyl or cyclic N) is 1. The van der Waals surface area contributed by atoms with Crippen molar-refractivity contribution >= 4 is 40.0 Å². The Bertz CT molecular complexity index is 1450. The highest BCUT2D eigenvalue weighted by Crippen LogP contribution is 2.29. The van der Waals surface area contributed by atoms with Gasteiger partial charge in [0.2, 0.25) is 0 Å². The summed E-state index contributed by atoms with van der Waals surface area (Å²) in [6.45, 7) is 2.22. The third kappa shape index (κ3) is 5.32. The molecule has 2 aromatic heterocycles. The van der Waals surface area contributed by atoms with Crippen molar-refractivity contribution in [1.82, 2.24) is 19.8 Å². The lowest BCUT2D eigenvalue weighted by molar-refractivity contribution is 0.102. The van der Waals surface area contributed by atoms with Crippen LogP contribution < -0.4 is 15.5 Å². The molecule has 0 spiro atoms. The van der Waals surface area contributed by atoms with E-state index in [4.69, 9.17) is 0 Å². The summed E-state index contributed by atoms with van der Waals surface area (Å²) in [6, 6.07) is 18.8. The molecule has 37 heavy (non-hydrogen) atoms. The Balaban J connectivity index is 1.29. The lowest BCUT2D eigenvalue weighted by Crippen LogP contribution is -2.23. The number of carbonyl (C=O) groups excluding carboxylic acids is 2. The van der Waals surface area contributed by atoms with Crippen molar-refractivity contribution in [2.75, 3.05) is 37.4 Å². The van der Waals surface area contributed by atoms with Crippen molar-refractivity contribution < 1.29 is 14.7 Å². The number of aliphatic hydroxyl groups excluding tert-OH is 1. The van der Waals surface area contributed by atoms with Crippen molar-refractivity contribution in [3.8, 4) is 0 Å². The van der Waals surface area contributed by atoms with Gasteiger partial charge < -0.3 is 20.6 Å². The number of rotatable bonds is 6. The first-order valence-corrected chi connectivity index (χ1v) is 12.2. The van der Waals surface area contributed by atoms with Crippen LogP contribution >= 0.6 is 0 Å². The zero-order chi connectivity index (χ0) is 25.9. The maximum absolute atomic E-state index is 13.0. The number of aromatic nitrogens is 2. The summed E-state index contributed by atoms with van der Waals surface area (Å²) < 4.78 is 1.57. The van der Waals surface area contributed by atoms with Crippen LogP contribution in [-0.2, 0) is 6.54 Å². The lowest BCUT2D eigenvalue weighted by Gasteiger charge is -2.20. The number of amides is 2.